The molecule has 0 amide bonds. The van der Waals surface area contributed by atoms with Gasteiger partial charge in [0, 0.05) is 52.5 Å². The van der Waals surface area contributed by atoms with Crippen molar-refractivity contribution in [2.24, 2.45) is 4.99 Å². The highest BCUT2D eigenvalue weighted by Gasteiger charge is 2.29. The van der Waals surface area contributed by atoms with Gasteiger partial charge in [-0.05, 0) is 25.3 Å². The van der Waals surface area contributed by atoms with Gasteiger partial charge in [-0.3, -0.25) is 9.89 Å². The lowest BCUT2D eigenvalue weighted by Crippen LogP contribution is -2.44. The maximum absolute atomic E-state index is 5.48. The Kier molecular flexibility index (Phi) is 9.45. The highest BCUT2D eigenvalue weighted by atomic mass is 16.5. The van der Waals surface area contributed by atoms with Gasteiger partial charge in [-0.1, -0.05) is 30.3 Å². The van der Waals surface area contributed by atoms with Gasteiger partial charge >= 0.3 is 0 Å². The number of benzene rings is 1. The van der Waals surface area contributed by atoms with E-state index in [1.165, 1.54) is 5.56 Å². The zero-order chi connectivity index (χ0) is 18.6. The van der Waals surface area contributed by atoms with E-state index in [9.17, 15) is 0 Å². The Morgan fingerprint density at radius 2 is 2.04 bits per heavy atom. The minimum Gasteiger partial charge on any atom is -0.382 e. The molecule has 26 heavy (non-hydrogen) atoms. The molecule has 1 aliphatic rings. The average Bonchev–Trinajstić information content (AvgIpc) is 2.99. The second-order valence-electron chi connectivity index (χ2n) is 6.80. The monoisotopic (exact) mass is 362 g/mol. The fourth-order valence-corrected chi connectivity index (χ4v) is 3.25. The summed E-state index contributed by atoms with van der Waals surface area (Å²) in [5.74, 6) is 0.876. The summed E-state index contributed by atoms with van der Waals surface area (Å²) in [5.41, 5.74) is 1.37. The molecular formula is C20H34N4O2. The molecule has 1 fully saturated rings. The van der Waals surface area contributed by atoms with Crippen LogP contribution in [0, 0.1) is 0 Å². The average molecular weight is 363 g/mol. The van der Waals surface area contributed by atoms with Crippen LogP contribution in [0.1, 0.15) is 25.3 Å². The third-order valence-electron chi connectivity index (χ3n) is 4.69. The molecule has 1 heterocycles. The van der Waals surface area contributed by atoms with Gasteiger partial charge < -0.3 is 20.1 Å². The molecule has 0 aliphatic carbocycles. The van der Waals surface area contributed by atoms with E-state index < -0.39 is 0 Å². The van der Waals surface area contributed by atoms with Gasteiger partial charge in [-0.2, -0.15) is 0 Å². The molecule has 6 nitrogen and oxygen atoms in total. The van der Waals surface area contributed by atoms with Gasteiger partial charge in [0.2, 0.25) is 0 Å². The number of hydrogen-bond donors (Lipinski definition) is 2. The van der Waals surface area contributed by atoms with Gasteiger partial charge in [0.05, 0.1) is 13.2 Å². The molecule has 146 valence electrons. The first-order valence-electron chi connectivity index (χ1n) is 9.54. The Hall–Kier alpha value is -1.63. The highest BCUT2D eigenvalue weighted by Crippen LogP contribution is 2.20. The van der Waals surface area contributed by atoms with E-state index in [0.29, 0.717) is 25.3 Å². The zero-order valence-electron chi connectivity index (χ0n) is 16.4. The summed E-state index contributed by atoms with van der Waals surface area (Å²) < 4.78 is 10.4. The summed E-state index contributed by atoms with van der Waals surface area (Å²) in [6.07, 6.45) is 2.08. The number of ether oxygens (including phenoxy) is 2. The van der Waals surface area contributed by atoms with E-state index >= 15 is 0 Å². The van der Waals surface area contributed by atoms with Gasteiger partial charge in [-0.25, -0.2) is 0 Å². The lowest BCUT2D eigenvalue weighted by Gasteiger charge is -2.21. The molecule has 6 heteroatoms. The summed E-state index contributed by atoms with van der Waals surface area (Å²) in [4.78, 5) is 6.88. The van der Waals surface area contributed by atoms with Gasteiger partial charge in [0.15, 0.2) is 5.96 Å². The summed E-state index contributed by atoms with van der Waals surface area (Å²) in [7, 11) is 3.51. The number of nitrogens with one attached hydrogen (secondary N) is 2. The van der Waals surface area contributed by atoms with Crippen molar-refractivity contribution in [2.45, 2.75) is 38.4 Å². The van der Waals surface area contributed by atoms with E-state index in [0.717, 1.165) is 45.0 Å². The van der Waals surface area contributed by atoms with Crippen molar-refractivity contribution in [1.82, 2.24) is 15.5 Å². The van der Waals surface area contributed by atoms with E-state index in [2.05, 4.69) is 57.8 Å². The first-order chi connectivity index (χ1) is 12.7. The van der Waals surface area contributed by atoms with Gasteiger partial charge in [0.25, 0.3) is 0 Å². The molecule has 0 spiro atoms. The van der Waals surface area contributed by atoms with Crippen LogP contribution in [0.15, 0.2) is 35.3 Å². The molecule has 0 aromatic heterocycles. The fraction of sp³-hybridized carbons (Fsp3) is 0.650. The maximum atomic E-state index is 5.48. The molecule has 2 N–H and O–H groups in total. The SMILES string of the molecule is CN=C(NCCCOCCOC)NC1CC(C)N(Cc2ccccc2)C1. The van der Waals surface area contributed by atoms with Gasteiger partial charge in [0.1, 0.15) is 0 Å². The molecule has 2 unspecified atom stereocenters. The number of rotatable bonds is 10. The predicted octanol–water partition coefficient (Wildman–Crippen LogP) is 1.87. The molecule has 1 aromatic rings. The summed E-state index contributed by atoms with van der Waals surface area (Å²) >= 11 is 0. The first kappa shape index (κ1) is 20.7. The van der Waals surface area contributed by atoms with E-state index in [-0.39, 0.29) is 0 Å². The van der Waals surface area contributed by atoms with Crippen LogP contribution in [0.5, 0.6) is 0 Å². The van der Waals surface area contributed by atoms with E-state index in [1.54, 1.807) is 7.11 Å². The Bertz CT molecular complexity index is 524. The smallest absolute Gasteiger partial charge is 0.191 e. The molecule has 1 saturated heterocycles. The number of hydrogen-bond acceptors (Lipinski definition) is 4. The Labute approximate surface area is 158 Å². The van der Waals surface area contributed by atoms with Crippen LogP contribution in [0.25, 0.3) is 0 Å². The van der Waals surface area contributed by atoms with Crippen molar-refractivity contribution in [1.29, 1.82) is 0 Å². The number of likely N-dealkylation sites (tertiary alicyclic amines) is 1. The zero-order valence-corrected chi connectivity index (χ0v) is 16.4. The molecule has 2 atom stereocenters. The molecular weight excluding hydrogens is 328 g/mol. The molecule has 1 aliphatic heterocycles. The number of nitrogens with zero attached hydrogens (tertiary/aromatic N) is 2. The van der Waals surface area contributed by atoms with Crippen LogP contribution >= 0.6 is 0 Å². The number of aliphatic imine (C=N–C) groups is 1. The topological polar surface area (TPSA) is 58.1 Å². The lowest BCUT2D eigenvalue weighted by molar-refractivity contribution is 0.0698. The number of methoxy groups -OCH3 is 1. The molecule has 0 radical (unpaired) electrons. The summed E-state index contributed by atoms with van der Waals surface area (Å²) in [5, 5.41) is 6.94. The van der Waals surface area contributed by atoms with Crippen molar-refractivity contribution >= 4 is 5.96 Å². The van der Waals surface area contributed by atoms with Crippen LogP contribution in [-0.2, 0) is 16.0 Å². The minimum absolute atomic E-state index is 0.429. The number of guanidine groups is 1. The van der Waals surface area contributed by atoms with E-state index in [4.69, 9.17) is 9.47 Å². The largest absolute Gasteiger partial charge is 0.382 e. The molecule has 1 aromatic carbocycles. The second-order valence-corrected chi connectivity index (χ2v) is 6.80. The normalized spacial score (nSPS) is 21.1. The Morgan fingerprint density at radius 1 is 1.23 bits per heavy atom. The van der Waals surface area contributed by atoms with E-state index in [1.807, 2.05) is 7.05 Å². The molecule has 0 bridgehead atoms. The van der Waals surface area contributed by atoms with Crippen molar-refractivity contribution in [2.75, 3.05) is 47.1 Å². The standard InChI is InChI=1S/C20H34N4O2/c1-17-14-19(16-24(17)15-18-8-5-4-6-9-18)23-20(21-2)22-10-7-11-26-13-12-25-3/h4-6,8-9,17,19H,7,10-16H2,1-3H3,(H2,21,22,23). The quantitative estimate of drug-likeness (QED) is 0.378. The van der Waals surface area contributed by atoms with Crippen LogP contribution in [0.4, 0.5) is 0 Å². The minimum atomic E-state index is 0.429. The first-order valence-corrected chi connectivity index (χ1v) is 9.54. The third-order valence-corrected chi connectivity index (χ3v) is 4.69. The Morgan fingerprint density at radius 3 is 2.77 bits per heavy atom. The fourth-order valence-electron chi connectivity index (χ4n) is 3.25. The van der Waals surface area contributed by atoms with Gasteiger partial charge in [-0.15, -0.1) is 0 Å². The van der Waals surface area contributed by atoms with Crippen molar-refractivity contribution < 1.29 is 9.47 Å². The second kappa shape index (κ2) is 11.9. The van der Waals surface area contributed by atoms with Crippen LogP contribution < -0.4 is 10.6 Å². The Balaban J connectivity index is 1.67. The van der Waals surface area contributed by atoms with Crippen molar-refractivity contribution in [3.63, 3.8) is 0 Å². The third kappa shape index (κ3) is 7.32. The molecule has 2 rings (SSSR count). The van der Waals surface area contributed by atoms with Crippen LogP contribution in [0.2, 0.25) is 0 Å². The molecule has 0 saturated carbocycles. The summed E-state index contributed by atoms with van der Waals surface area (Å²) in [6.45, 7) is 7.23. The van der Waals surface area contributed by atoms with Crippen molar-refractivity contribution in [3.05, 3.63) is 35.9 Å². The predicted molar refractivity (Wildman–Crippen MR) is 107 cm³/mol. The maximum Gasteiger partial charge on any atom is 0.191 e. The van der Waals surface area contributed by atoms with Crippen LogP contribution in [-0.4, -0.2) is 70.0 Å². The summed E-state index contributed by atoms with van der Waals surface area (Å²) in [6, 6.07) is 11.7. The van der Waals surface area contributed by atoms with Crippen molar-refractivity contribution in [3.8, 4) is 0 Å². The lowest BCUT2D eigenvalue weighted by atomic mass is 10.2. The van der Waals surface area contributed by atoms with Crippen LogP contribution in [0.3, 0.4) is 0 Å². The highest BCUT2D eigenvalue weighted by molar-refractivity contribution is 5.80.